The number of halogens is 2. The molecule has 0 fully saturated rings. The Hall–Kier alpha value is -1.39. The maximum Gasteiger partial charge on any atom is 0.267 e. The monoisotopic (exact) mass is 269 g/mol. The van der Waals surface area contributed by atoms with Gasteiger partial charge in [-0.2, -0.15) is 5.10 Å². The van der Waals surface area contributed by atoms with Crippen molar-refractivity contribution in [1.82, 2.24) is 14.8 Å². The first-order valence-electron chi connectivity index (χ1n) is 4.92. The lowest BCUT2D eigenvalue weighted by molar-refractivity contribution is 0.618. The van der Waals surface area contributed by atoms with Crippen LogP contribution < -0.4 is 5.56 Å². The van der Waals surface area contributed by atoms with Crippen LogP contribution in [0.1, 0.15) is 11.4 Å². The van der Waals surface area contributed by atoms with E-state index in [1.807, 2.05) is 6.92 Å². The van der Waals surface area contributed by atoms with Crippen molar-refractivity contribution < 1.29 is 0 Å². The summed E-state index contributed by atoms with van der Waals surface area (Å²) in [6.07, 6.45) is 0. The van der Waals surface area contributed by atoms with Gasteiger partial charge in [0.05, 0.1) is 23.0 Å². The summed E-state index contributed by atoms with van der Waals surface area (Å²) in [4.78, 5) is 15.6. The van der Waals surface area contributed by atoms with Gasteiger partial charge in [0.15, 0.2) is 0 Å². The Morgan fingerprint density at radius 2 is 2.00 bits per heavy atom. The Morgan fingerprint density at radius 1 is 1.24 bits per heavy atom. The number of rotatable bonds is 2. The van der Waals surface area contributed by atoms with E-state index in [9.17, 15) is 4.79 Å². The number of hydrogen-bond acceptors (Lipinski definition) is 3. The quantitative estimate of drug-likeness (QED) is 0.787. The van der Waals surface area contributed by atoms with Gasteiger partial charge in [-0.15, -0.1) is 0 Å². The summed E-state index contributed by atoms with van der Waals surface area (Å²) < 4.78 is 1.31. The van der Waals surface area contributed by atoms with E-state index in [1.165, 1.54) is 10.7 Å². The highest BCUT2D eigenvalue weighted by Gasteiger charge is 2.06. The zero-order valence-corrected chi connectivity index (χ0v) is 10.5. The van der Waals surface area contributed by atoms with E-state index in [-0.39, 0.29) is 12.1 Å². The lowest BCUT2D eigenvalue weighted by Crippen LogP contribution is -2.23. The highest BCUT2D eigenvalue weighted by Crippen LogP contribution is 2.17. The number of aryl methyl sites for hydroxylation is 1. The van der Waals surface area contributed by atoms with Crippen LogP contribution in [-0.2, 0) is 6.54 Å². The molecule has 2 rings (SSSR count). The van der Waals surface area contributed by atoms with Gasteiger partial charge < -0.3 is 0 Å². The van der Waals surface area contributed by atoms with Gasteiger partial charge in [0.1, 0.15) is 5.15 Å². The zero-order chi connectivity index (χ0) is 12.4. The zero-order valence-electron chi connectivity index (χ0n) is 9.02. The highest BCUT2D eigenvalue weighted by atomic mass is 35.5. The SMILES string of the molecule is Cc1ccc(=O)n(Cc2nc(Cl)ccc2Cl)n1. The first kappa shape index (κ1) is 12.1. The molecule has 0 aliphatic heterocycles. The number of nitrogens with zero attached hydrogens (tertiary/aromatic N) is 3. The molecule has 0 aliphatic carbocycles. The fourth-order valence-electron chi connectivity index (χ4n) is 1.37. The van der Waals surface area contributed by atoms with E-state index < -0.39 is 0 Å². The van der Waals surface area contributed by atoms with Gasteiger partial charge in [-0.05, 0) is 25.1 Å². The highest BCUT2D eigenvalue weighted by molar-refractivity contribution is 6.32. The van der Waals surface area contributed by atoms with Gasteiger partial charge in [0, 0.05) is 6.07 Å². The van der Waals surface area contributed by atoms with Gasteiger partial charge >= 0.3 is 0 Å². The van der Waals surface area contributed by atoms with Gasteiger partial charge in [0.2, 0.25) is 0 Å². The molecule has 2 aromatic heterocycles. The van der Waals surface area contributed by atoms with Crippen molar-refractivity contribution in [2.45, 2.75) is 13.5 Å². The topological polar surface area (TPSA) is 47.8 Å². The molecule has 0 aromatic carbocycles. The van der Waals surface area contributed by atoms with Crippen molar-refractivity contribution in [2.24, 2.45) is 0 Å². The molecule has 0 aliphatic rings. The molecular formula is C11H9Cl2N3O. The van der Waals surface area contributed by atoms with E-state index in [2.05, 4.69) is 10.1 Å². The molecule has 0 bridgehead atoms. The lowest BCUT2D eigenvalue weighted by atomic mass is 10.3. The molecule has 17 heavy (non-hydrogen) atoms. The fourth-order valence-corrected chi connectivity index (χ4v) is 1.70. The maximum absolute atomic E-state index is 11.6. The molecular weight excluding hydrogens is 261 g/mol. The van der Waals surface area contributed by atoms with Crippen molar-refractivity contribution in [2.75, 3.05) is 0 Å². The van der Waals surface area contributed by atoms with Crippen LogP contribution in [-0.4, -0.2) is 14.8 Å². The molecule has 0 atom stereocenters. The van der Waals surface area contributed by atoms with Crippen LogP contribution >= 0.6 is 23.2 Å². The van der Waals surface area contributed by atoms with Crippen LogP contribution in [0.4, 0.5) is 0 Å². The van der Waals surface area contributed by atoms with Crippen molar-refractivity contribution in [3.05, 3.63) is 56.2 Å². The molecule has 4 nitrogen and oxygen atoms in total. The average Bonchev–Trinajstić information content (AvgIpc) is 2.28. The van der Waals surface area contributed by atoms with E-state index in [0.29, 0.717) is 15.9 Å². The minimum atomic E-state index is -0.201. The molecule has 0 amide bonds. The van der Waals surface area contributed by atoms with Crippen LogP contribution in [0.5, 0.6) is 0 Å². The number of hydrogen-bond donors (Lipinski definition) is 0. The first-order valence-corrected chi connectivity index (χ1v) is 5.67. The Balaban J connectivity index is 2.41. The minimum absolute atomic E-state index is 0.201. The third kappa shape index (κ3) is 2.84. The second-order valence-electron chi connectivity index (χ2n) is 3.53. The van der Waals surface area contributed by atoms with Crippen molar-refractivity contribution >= 4 is 23.2 Å². The Kier molecular flexibility index (Phi) is 3.45. The Morgan fingerprint density at radius 3 is 2.76 bits per heavy atom. The second-order valence-corrected chi connectivity index (χ2v) is 4.33. The summed E-state index contributed by atoms with van der Waals surface area (Å²) in [5, 5.41) is 4.90. The summed E-state index contributed by atoms with van der Waals surface area (Å²) in [5.74, 6) is 0. The lowest BCUT2D eigenvalue weighted by Gasteiger charge is -2.06. The molecule has 2 heterocycles. The first-order chi connectivity index (χ1) is 8.06. The fraction of sp³-hybridized carbons (Fsp3) is 0.182. The molecule has 0 radical (unpaired) electrons. The third-order valence-electron chi connectivity index (χ3n) is 2.18. The maximum atomic E-state index is 11.6. The van der Waals surface area contributed by atoms with Crippen molar-refractivity contribution in [3.63, 3.8) is 0 Å². The standard InChI is InChI=1S/C11H9Cl2N3O/c1-7-2-5-11(17)16(15-7)6-9-8(12)3-4-10(13)14-9/h2-5H,6H2,1H3. The van der Waals surface area contributed by atoms with Gasteiger partial charge in [-0.25, -0.2) is 9.67 Å². The average molecular weight is 270 g/mol. The predicted octanol–water partition coefficient (Wildman–Crippen LogP) is 2.30. The molecule has 0 spiro atoms. The van der Waals surface area contributed by atoms with E-state index in [0.717, 1.165) is 5.69 Å². The van der Waals surface area contributed by atoms with Crippen molar-refractivity contribution in [1.29, 1.82) is 0 Å². The summed E-state index contributed by atoms with van der Waals surface area (Å²) >= 11 is 11.8. The predicted molar refractivity (Wildman–Crippen MR) is 66.6 cm³/mol. The molecule has 0 N–H and O–H groups in total. The normalized spacial score (nSPS) is 10.5. The summed E-state index contributed by atoms with van der Waals surface area (Å²) in [7, 11) is 0. The molecule has 6 heteroatoms. The largest absolute Gasteiger partial charge is 0.268 e. The number of pyridine rings is 1. The van der Waals surface area contributed by atoms with Crippen LogP contribution in [0.3, 0.4) is 0 Å². The van der Waals surface area contributed by atoms with Gasteiger partial charge in [-0.3, -0.25) is 4.79 Å². The van der Waals surface area contributed by atoms with Gasteiger partial charge in [0.25, 0.3) is 5.56 Å². The second kappa shape index (κ2) is 4.85. The van der Waals surface area contributed by atoms with Gasteiger partial charge in [-0.1, -0.05) is 23.2 Å². The van der Waals surface area contributed by atoms with Crippen LogP contribution in [0.2, 0.25) is 10.2 Å². The molecule has 0 saturated heterocycles. The summed E-state index contributed by atoms with van der Waals surface area (Å²) in [6, 6.07) is 6.36. The van der Waals surface area contributed by atoms with Crippen molar-refractivity contribution in [3.8, 4) is 0 Å². The Labute approximate surface area is 108 Å². The molecule has 88 valence electrons. The summed E-state index contributed by atoms with van der Waals surface area (Å²) in [6.45, 7) is 2.02. The Bertz CT molecular complexity index is 610. The van der Waals surface area contributed by atoms with E-state index >= 15 is 0 Å². The van der Waals surface area contributed by atoms with Crippen LogP contribution in [0, 0.1) is 6.92 Å². The van der Waals surface area contributed by atoms with Crippen LogP contribution in [0.15, 0.2) is 29.1 Å². The van der Waals surface area contributed by atoms with Crippen LogP contribution in [0.25, 0.3) is 0 Å². The molecule has 2 aromatic rings. The minimum Gasteiger partial charge on any atom is -0.268 e. The molecule has 0 saturated carbocycles. The van der Waals surface area contributed by atoms with E-state index in [1.54, 1.807) is 18.2 Å². The summed E-state index contributed by atoms with van der Waals surface area (Å²) in [5.41, 5.74) is 1.08. The smallest absolute Gasteiger partial charge is 0.267 e. The third-order valence-corrected chi connectivity index (χ3v) is 2.74. The number of aromatic nitrogens is 3. The molecule has 0 unspecified atom stereocenters. The van der Waals surface area contributed by atoms with E-state index in [4.69, 9.17) is 23.2 Å².